The van der Waals surface area contributed by atoms with Crippen molar-refractivity contribution >= 4 is 33.2 Å². The Morgan fingerprint density at radius 2 is 2.28 bits per heavy atom. The number of carbonyl (C=O) groups excluding carboxylic acids is 1. The van der Waals surface area contributed by atoms with Crippen molar-refractivity contribution in [3.05, 3.63) is 38.8 Å². The molecular formula is C12H11BrN2O2S. The van der Waals surface area contributed by atoms with Gasteiger partial charge >= 0.3 is 0 Å². The van der Waals surface area contributed by atoms with Gasteiger partial charge in [-0.1, -0.05) is 10.6 Å². The molecule has 0 spiro atoms. The molecule has 0 aliphatic heterocycles. The summed E-state index contributed by atoms with van der Waals surface area (Å²) in [5.74, 6) is 0.793. The van der Waals surface area contributed by atoms with Crippen LogP contribution >= 0.6 is 27.5 Å². The third-order valence-electron chi connectivity index (χ3n) is 2.49. The van der Waals surface area contributed by atoms with Crippen LogP contribution in [0.25, 0.3) is 0 Å². The van der Waals surface area contributed by atoms with E-state index in [0.717, 1.165) is 27.3 Å². The molecule has 1 aromatic carbocycles. The zero-order valence-corrected chi connectivity index (χ0v) is 12.3. The van der Waals surface area contributed by atoms with E-state index in [1.807, 2.05) is 18.2 Å². The van der Waals surface area contributed by atoms with Crippen LogP contribution < -0.4 is 4.74 Å². The van der Waals surface area contributed by atoms with Gasteiger partial charge in [-0.2, -0.15) is 0 Å². The highest BCUT2D eigenvalue weighted by Crippen LogP contribution is 2.26. The van der Waals surface area contributed by atoms with Crippen molar-refractivity contribution in [1.82, 2.24) is 9.59 Å². The number of halogens is 1. The Labute approximate surface area is 117 Å². The van der Waals surface area contributed by atoms with Crippen LogP contribution in [0, 0.1) is 6.92 Å². The van der Waals surface area contributed by atoms with Crippen molar-refractivity contribution in [3.63, 3.8) is 0 Å². The summed E-state index contributed by atoms with van der Waals surface area (Å²) in [6.07, 6.45) is 0.341. The molecule has 6 heteroatoms. The molecule has 0 radical (unpaired) electrons. The summed E-state index contributed by atoms with van der Waals surface area (Å²) in [6, 6.07) is 5.61. The first kappa shape index (κ1) is 13.2. The van der Waals surface area contributed by atoms with Crippen molar-refractivity contribution in [3.8, 4) is 5.75 Å². The molecule has 0 atom stereocenters. The van der Waals surface area contributed by atoms with Gasteiger partial charge in [0.15, 0.2) is 5.78 Å². The second-order valence-corrected chi connectivity index (χ2v) is 5.36. The summed E-state index contributed by atoms with van der Waals surface area (Å²) in [7, 11) is 1.61. The summed E-state index contributed by atoms with van der Waals surface area (Å²) in [5, 5.41) is 3.84. The number of methoxy groups -OCH3 is 1. The standard InChI is InChI=1S/C12H11BrN2O2S/c1-7-12(18-15-14-7)10(16)6-8-3-4-11(17-2)9(13)5-8/h3-5H,6H2,1-2H3. The number of rotatable bonds is 4. The first-order valence-corrected chi connectivity index (χ1v) is 6.83. The predicted octanol–water partition coefficient (Wildman–Crippen LogP) is 3.04. The third-order valence-corrected chi connectivity index (χ3v) is 3.97. The minimum absolute atomic E-state index is 0.0413. The second-order valence-electron chi connectivity index (χ2n) is 3.76. The Balaban J connectivity index is 2.17. The van der Waals surface area contributed by atoms with Crippen LogP contribution in [0.3, 0.4) is 0 Å². The molecular weight excluding hydrogens is 316 g/mol. The lowest BCUT2D eigenvalue weighted by Gasteiger charge is -2.05. The monoisotopic (exact) mass is 326 g/mol. The second kappa shape index (κ2) is 5.58. The van der Waals surface area contributed by atoms with Crippen molar-refractivity contribution in [2.24, 2.45) is 0 Å². The smallest absolute Gasteiger partial charge is 0.180 e. The number of ketones is 1. The van der Waals surface area contributed by atoms with E-state index in [2.05, 4.69) is 25.5 Å². The minimum atomic E-state index is 0.0413. The van der Waals surface area contributed by atoms with Gasteiger partial charge in [0.05, 0.1) is 17.3 Å². The summed E-state index contributed by atoms with van der Waals surface area (Å²) in [5.41, 5.74) is 1.62. The topological polar surface area (TPSA) is 52.1 Å². The number of aromatic nitrogens is 2. The molecule has 1 heterocycles. The van der Waals surface area contributed by atoms with E-state index >= 15 is 0 Å². The molecule has 0 aliphatic rings. The lowest BCUT2D eigenvalue weighted by molar-refractivity contribution is 0.0996. The SMILES string of the molecule is COc1ccc(CC(=O)c2snnc2C)cc1Br. The molecule has 0 unspecified atom stereocenters. The average molecular weight is 327 g/mol. The molecule has 0 amide bonds. The van der Waals surface area contributed by atoms with Gasteiger partial charge in [0.2, 0.25) is 0 Å². The molecule has 0 bridgehead atoms. The van der Waals surface area contributed by atoms with Gasteiger partial charge in [0.1, 0.15) is 10.6 Å². The summed E-state index contributed by atoms with van der Waals surface area (Å²) in [6.45, 7) is 1.79. The van der Waals surface area contributed by atoms with Crippen LogP contribution in [0.1, 0.15) is 20.9 Å². The maximum atomic E-state index is 12.0. The molecule has 0 saturated heterocycles. The maximum absolute atomic E-state index is 12.0. The fourth-order valence-corrected chi connectivity index (χ4v) is 2.75. The van der Waals surface area contributed by atoms with Gasteiger partial charge in [0, 0.05) is 6.42 Å². The average Bonchev–Trinajstić information content (AvgIpc) is 2.76. The summed E-state index contributed by atoms with van der Waals surface area (Å²) < 4.78 is 9.76. The van der Waals surface area contributed by atoms with Gasteiger partial charge in [0.25, 0.3) is 0 Å². The van der Waals surface area contributed by atoms with Crippen LogP contribution in [-0.2, 0) is 6.42 Å². The Hall–Kier alpha value is -1.27. The first-order chi connectivity index (χ1) is 8.61. The fourth-order valence-electron chi connectivity index (χ4n) is 1.57. The number of Topliss-reactive ketones (excluding diaryl/α,β-unsaturated/α-hetero) is 1. The molecule has 0 N–H and O–H groups in total. The molecule has 1 aromatic heterocycles. The number of nitrogens with zero attached hydrogens (tertiary/aromatic N) is 2. The number of benzene rings is 1. The molecule has 94 valence electrons. The van der Waals surface area contributed by atoms with Gasteiger partial charge < -0.3 is 4.74 Å². The van der Waals surface area contributed by atoms with Crippen LogP contribution in [0.4, 0.5) is 0 Å². The highest BCUT2D eigenvalue weighted by Gasteiger charge is 2.14. The number of ether oxygens (including phenoxy) is 1. The lowest BCUT2D eigenvalue weighted by Crippen LogP contribution is -2.03. The van der Waals surface area contributed by atoms with E-state index in [0.29, 0.717) is 17.0 Å². The lowest BCUT2D eigenvalue weighted by atomic mass is 10.1. The number of carbonyl (C=O) groups is 1. The van der Waals surface area contributed by atoms with E-state index < -0.39 is 0 Å². The molecule has 18 heavy (non-hydrogen) atoms. The van der Waals surface area contributed by atoms with Crippen molar-refractivity contribution in [2.75, 3.05) is 7.11 Å². The largest absolute Gasteiger partial charge is 0.496 e. The van der Waals surface area contributed by atoms with Crippen molar-refractivity contribution < 1.29 is 9.53 Å². The summed E-state index contributed by atoms with van der Waals surface area (Å²) in [4.78, 5) is 12.7. The molecule has 0 aliphatic carbocycles. The number of hydrogen-bond donors (Lipinski definition) is 0. The predicted molar refractivity (Wildman–Crippen MR) is 73.4 cm³/mol. The Morgan fingerprint density at radius 1 is 1.50 bits per heavy atom. The Kier molecular flexibility index (Phi) is 4.08. The maximum Gasteiger partial charge on any atom is 0.180 e. The van der Waals surface area contributed by atoms with Crippen LogP contribution in [-0.4, -0.2) is 22.5 Å². The zero-order chi connectivity index (χ0) is 13.1. The van der Waals surface area contributed by atoms with Crippen LogP contribution in [0.5, 0.6) is 5.75 Å². The quantitative estimate of drug-likeness (QED) is 0.810. The van der Waals surface area contributed by atoms with Crippen molar-refractivity contribution in [2.45, 2.75) is 13.3 Å². The van der Waals surface area contributed by atoms with Crippen LogP contribution in [0.15, 0.2) is 22.7 Å². The van der Waals surface area contributed by atoms with Gasteiger partial charge in [-0.15, -0.1) is 5.10 Å². The van der Waals surface area contributed by atoms with E-state index in [-0.39, 0.29) is 5.78 Å². The van der Waals surface area contributed by atoms with E-state index in [9.17, 15) is 4.79 Å². The van der Waals surface area contributed by atoms with Gasteiger partial charge in [-0.25, -0.2) is 0 Å². The highest BCUT2D eigenvalue weighted by atomic mass is 79.9. The minimum Gasteiger partial charge on any atom is -0.496 e. The Morgan fingerprint density at radius 3 is 2.83 bits per heavy atom. The highest BCUT2D eigenvalue weighted by molar-refractivity contribution is 9.10. The van der Waals surface area contributed by atoms with E-state index in [1.54, 1.807) is 14.0 Å². The van der Waals surface area contributed by atoms with Gasteiger partial charge in [-0.3, -0.25) is 4.79 Å². The van der Waals surface area contributed by atoms with Crippen molar-refractivity contribution in [1.29, 1.82) is 0 Å². The van der Waals surface area contributed by atoms with Gasteiger partial charge in [-0.05, 0) is 52.1 Å². The zero-order valence-electron chi connectivity index (χ0n) is 9.94. The number of hydrogen-bond acceptors (Lipinski definition) is 5. The molecule has 4 nitrogen and oxygen atoms in total. The number of aryl methyl sites for hydroxylation is 1. The first-order valence-electron chi connectivity index (χ1n) is 5.26. The van der Waals surface area contributed by atoms with E-state index in [4.69, 9.17) is 4.74 Å². The third kappa shape index (κ3) is 2.76. The molecule has 0 fully saturated rings. The molecule has 2 rings (SSSR count). The fraction of sp³-hybridized carbons (Fsp3) is 0.250. The van der Waals surface area contributed by atoms with E-state index in [1.165, 1.54) is 0 Å². The van der Waals surface area contributed by atoms with Crippen LogP contribution in [0.2, 0.25) is 0 Å². The molecule has 2 aromatic rings. The normalized spacial score (nSPS) is 10.4. The Bertz CT molecular complexity index is 583. The summed E-state index contributed by atoms with van der Waals surface area (Å²) >= 11 is 4.54. The molecule has 0 saturated carbocycles.